The average molecular weight is 221 g/mol. The molecule has 0 saturated heterocycles. The van der Waals surface area contributed by atoms with Crippen LogP contribution >= 0.6 is 0 Å². The molecule has 0 saturated carbocycles. The van der Waals surface area contributed by atoms with E-state index in [1.165, 1.54) is 11.1 Å². The third-order valence-electron chi connectivity index (χ3n) is 3.23. The quantitative estimate of drug-likeness (QED) is 0.801. The first-order valence-corrected chi connectivity index (χ1v) is 5.94. The van der Waals surface area contributed by atoms with E-state index in [0.29, 0.717) is 5.92 Å². The summed E-state index contributed by atoms with van der Waals surface area (Å²) in [4.78, 5) is 0. The summed E-state index contributed by atoms with van der Waals surface area (Å²) in [6.07, 6.45) is 1.99. The molecule has 0 heterocycles. The minimum Gasteiger partial charge on any atom is -0.385 e. The lowest BCUT2D eigenvalue weighted by Crippen LogP contribution is -2.31. The van der Waals surface area contributed by atoms with Gasteiger partial charge >= 0.3 is 0 Å². The van der Waals surface area contributed by atoms with Crippen molar-refractivity contribution in [1.82, 2.24) is 0 Å². The minimum absolute atomic E-state index is 0.219. The Bertz CT molecular complexity index is 311. The fourth-order valence-corrected chi connectivity index (χ4v) is 1.81. The zero-order valence-corrected chi connectivity index (χ0v) is 10.6. The van der Waals surface area contributed by atoms with Gasteiger partial charge in [0.1, 0.15) is 0 Å². The fourth-order valence-electron chi connectivity index (χ4n) is 1.81. The van der Waals surface area contributed by atoms with E-state index < -0.39 is 0 Å². The van der Waals surface area contributed by atoms with Crippen LogP contribution in [0.25, 0.3) is 0 Å². The van der Waals surface area contributed by atoms with Crippen molar-refractivity contribution < 1.29 is 4.74 Å². The maximum atomic E-state index is 6.20. The lowest BCUT2D eigenvalue weighted by Gasteiger charge is -2.20. The highest BCUT2D eigenvalue weighted by atomic mass is 16.5. The largest absolute Gasteiger partial charge is 0.385 e. The summed E-state index contributed by atoms with van der Waals surface area (Å²) in [6, 6.07) is 8.67. The smallest absolute Gasteiger partial charge is 0.0465 e. The maximum Gasteiger partial charge on any atom is 0.0465 e. The van der Waals surface area contributed by atoms with Gasteiger partial charge in [0.25, 0.3) is 0 Å². The van der Waals surface area contributed by atoms with Crippen molar-refractivity contribution in [2.24, 2.45) is 11.7 Å². The van der Waals surface area contributed by atoms with Crippen LogP contribution < -0.4 is 5.73 Å². The third-order valence-corrected chi connectivity index (χ3v) is 3.23. The number of nitrogens with two attached hydrogens (primary N) is 1. The molecule has 2 nitrogen and oxygen atoms in total. The topological polar surface area (TPSA) is 35.2 Å². The third kappa shape index (κ3) is 3.95. The van der Waals surface area contributed by atoms with Crippen molar-refractivity contribution >= 4 is 0 Å². The van der Waals surface area contributed by atoms with E-state index in [1.54, 1.807) is 7.11 Å². The van der Waals surface area contributed by atoms with Gasteiger partial charge in [-0.2, -0.15) is 0 Å². The Morgan fingerprint density at radius 3 is 2.62 bits per heavy atom. The normalized spacial score (nSPS) is 14.8. The van der Waals surface area contributed by atoms with E-state index >= 15 is 0 Å². The van der Waals surface area contributed by atoms with Gasteiger partial charge in [-0.3, -0.25) is 0 Å². The molecule has 2 N–H and O–H groups in total. The number of hydrogen-bond acceptors (Lipinski definition) is 2. The molecule has 0 radical (unpaired) electrons. The molecular formula is C14H23NO. The van der Waals surface area contributed by atoms with Crippen LogP contribution in [-0.2, 0) is 11.2 Å². The molecule has 2 unspecified atom stereocenters. The molecule has 0 aliphatic carbocycles. The summed E-state index contributed by atoms with van der Waals surface area (Å²) >= 11 is 0. The van der Waals surface area contributed by atoms with Crippen molar-refractivity contribution in [3.05, 3.63) is 35.4 Å². The second-order valence-electron chi connectivity index (χ2n) is 4.55. The van der Waals surface area contributed by atoms with Gasteiger partial charge < -0.3 is 10.5 Å². The lowest BCUT2D eigenvalue weighted by atomic mass is 9.92. The van der Waals surface area contributed by atoms with E-state index in [4.69, 9.17) is 10.5 Å². The lowest BCUT2D eigenvalue weighted by molar-refractivity contribution is 0.174. The molecule has 0 fully saturated rings. The van der Waals surface area contributed by atoms with Gasteiger partial charge in [0.2, 0.25) is 0 Å². The van der Waals surface area contributed by atoms with Crippen molar-refractivity contribution in [1.29, 1.82) is 0 Å². The first kappa shape index (κ1) is 13.2. The number of aryl methyl sites for hydroxylation is 1. The predicted molar refractivity (Wildman–Crippen MR) is 68.5 cm³/mol. The maximum absolute atomic E-state index is 6.20. The average Bonchev–Trinajstić information content (AvgIpc) is 2.28. The predicted octanol–water partition coefficient (Wildman–Crippen LogP) is 2.54. The number of ether oxygens (including phenoxy) is 1. The van der Waals surface area contributed by atoms with E-state index in [2.05, 4.69) is 38.1 Å². The number of hydrogen-bond donors (Lipinski definition) is 1. The molecule has 0 aromatic heterocycles. The summed E-state index contributed by atoms with van der Waals surface area (Å²) in [7, 11) is 1.74. The van der Waals surface area contributed by atoms with Crippen molar-refractivity contribution in [2.75, 3.05) is 13.7 Å². The second-order valence-corrected chi connectivity index (χ2v) is 4.55. The summed E-state index contributed by atoms with van der Waals surface area (Å²) in [5.41, 5.74) is 8.89. The number of methoxy groups -OCH3 is 1. The van der Waals surface area contributed by atoms with Crippen molar-refractivity contribution in [2.45, 2.75) is 32.7 Å². The summed E-state index contributed by atoms with van der Waals surface area (Å²) in [5, 5.41) is 0. The molecule has 0 aliphatic rings. The Kier molecular flexibility index (Phi) is 5.50. The van der Waals surface area contributed by atoms with Crippen LogP contribution in [0.1, 0.15) is 24.5 Å². The first-order valence-electron chi connectivity index (χ1n) is 5.94. The standard InChI is InChI=1S/C14H23NO/c1-11-6-4-5-7-13(11)10-14(15)12(2)8-9-16-3/h4-7,12,14H,8-10,15H2,1-3H3. The highest BCUT2D eigenvalue weighted by Crippen LogP contribution is 2.14. The van der Waals surface area contributed by atoms with Gasteiger partial charge in [-0.1, -0.05) is 31.2 Å². The highest BCUT2D eigenvalue weighted by molar-refractivity contribution is 5.26. The van der Waals surface area contributed by atoms with Crippen LogP contribution in [0, 0.1) is 12.8 Å². The van der Waals surface area contributed by atoms with Gasteiger partial charge in [0.15, 0.2) is 0 Å². The molecule has 0 amide bonds. The van der Waals surface area contributed by atoms with E-state index in [-0.39, 0.29) is 6.04 Å². The second kappa shape index (κ2) is 6.66. The molecule has 1 aromatic carbocycles. The molecule has 2 heteroatoms. The zero-order valence-electron chi connectivity index (χ0n) is 10.6. The van der Waals surface area contributed by atoms with E-state index in [9.17, 15) is 0 Å². The van der Waals surface area contributed by atoms with Gasteiger partial charge in [-0.15, -0.1) is 0 Å². The van der Waals surface area contributed by atoms with E-state index in [0.717, 1.165) is 19.4 Å². The van der Waals surface area contributed by atoms with E-state index in [1.807, 2.05) is 0 Å². The van der Waals surface area contributed by atoms with Gasteiger partial charge in [0.05, 0.1) is 0 Å². The zero-order chi connectivity index (χ0) is 12.0. The molecule has 0 aliphatic heterocycles. The molecule has 0 spiro atoms. The Morgan fingerprint density at radius 1 is 1.31 bits per heavy atom. The van der Waals surface area contributed by atoms with Gasteiger partial charge in [-0.05, 0) is 36.8 Å². The van der Waals surface area contributed by atoms with Gasteiger partial charge in [-0.25, -0.2) is 0 Å². The van der Waals surface area contributed by atoms with Crippen LogP contribution in [0.2, 0.25) is 0 Å². The van der Waals surface area contributed by atoms with Crippen molar-refractivity contribution in [3.63, 3.8) is 0 Å². The first-order chi connectivity index (χ1) is 7.65. The Hall–Kier alpha value is -0.860. The van der Waals surface area contributed by atoms with Crippen molar-refractivity contribution in [3.8, 4) is 0 Å². The van der Waals surface area contributed by atoms with Crippen LogP contribution in [0.15, 0.2) is 24.3 Å². The SMILES string of the molecule is COCCC(C)C(N)Cc1ccccc1C. The Labute approximate surface area is 98.8 Å². The highest BCUT2D eigenvalue weighted by Gasteiger charge is 2.13. The van der Waals surface area contributed by atoms with Crippen LogP contribution in [0.4, 0.5) is 0 Å². The van der Waals surface area contributed by atoms with Crippen LogP contribution in [0.5, 0.6) is 0 Å². The van der Waals surface area contributed by atoms with Gasteiger partial charge in [0, 0.05) is 19.8 Å². The molecule has 0 bridgehead atoms. The summed E-state index contributed by atoms with van der Waals surface area (Å²) in [5.74, 6) is 0.500. The fraction of sp³-hybridized carbons (Fsp3) is 0.571. The Balaban J connectivity index is 2.50. The Morgan fingerprint density at radius 2 is 2.00 bits per heavy atom. The molecule has 2 atom stereocenters. The van der Waals surface area contributed by atoms with Crippen LogP contribution in [0.3, 0.4) is 0 Å². The summed E-state index contributed by atoms with van der Waals surface area (Å²) in [6.45, 7) is 5.13. The summed E-state index contributed by atoms with van der Waals surface area (Å²) < 4.78 is 5.08. The van der Waals surface area contributed by atoms with Crippen LogP contribution in [-0.4, -0.2) is 19.8 Å². The molecular weight excluding hydrogens is 198 g/mol. The number of rotatable bonds is 6. The molecule has 90 valence electrons. The molecule has 1 rings (SSSR count). The number of benzene rings is 1. The molecule has 1 aromatic rings. The molecule has 16 heavy (non-hydrogen) atoms. The monoisotopic (exact) mass is 221 g/mol. The minimum atomic E-state index is 0.219.